The van der Waals surface area contributed by atoms with Crippen LogP contribution in [0.3, 0.4) is 0 Å². The number of rotatable bonds is 21. The van der Waals surface area contributed by atoms with Crippen LogP contribution in [0.4, 0.5) is 10.5 Å². The van der Waals surface area contributed by atoms with Gasteiger partial charge in [-0.05, 0) is 30.9 Å². The second-order valence-corrected chi connectivity index (χ2v) is 12.9. The summed E-state index contributed by atoms with van der Waals surface area (Å²) in [6, 6.07) is 15.4. The molecule has 0 aliphatic carbocycles. The highest BCUT2D eigenvalue weighted by molar-refractivity contribution is 6.01. The zero-order valence-corrected chi connectivity index (χ0v) is 30.8. The topological polar surface area (TPSA) is 166 Å². The minimum Gasteiger partial charge on any atom is -0.448 e. The molecule has 1 aliphatic rings. The molecule has 1 atom stereocenters. The van der Waals surface area contributed by atoms with Crippen LogP contribution in [0.2, 0.25) is 0 Å². The van der Waals surface area contributed by atoms with Crippen molar-refractivity contribution in [2.24, 2.45) is 0 Å². The number of fused-ring (bicyclic) bond motifs is 5. The molecule has 0 saturated heterocycles. The number of benzene rings is 2. The van der Waals surface area contributed by atoms with E-state index in [0.29, 0.717) is 50.7 Å². The first-order chi connectivity index (χ1) is 25.2. The molecule has 282 valence electrons. The molecule has 1 aliphatic heterocycles. The van der Waals surface area contributed by atoms with E-state index in [1.807, 2.05) is 69.3 Å². The Labute approximate surface area is 305 Å². The summed E-state index contributed by atoms with van der Waals surface area (Å²) >= 11 is 0. The first-order valence-electron chi connectivity index (χ1n) is 18.2. The number of ketones is 1. The number of aromatic nitrogens is 3. The average molecular weight is 720 g/mol. The summed E-state index contributed by atoms with van der Waals surface area (Å²) in [4.78, 5) is 52.7. The van der Waals surface area contributed by atoms with E-state index in [2.05, 4.69) is 26.3 Å². The molecular weight excluding hydrogens is 666 g/mol. The molecule has 14 nitrogen and oxygen atoms in total. The van der Waals surface area contributed by atoms with E-state index in [4.69, 9.17) is 14.2 Å². The van der Waals surface area contributed by atoms with Crippen LogP contribution in [0.5, 0.6) is 0 Å². The number of ether oxygens (including phenoxy) is 3. The Hall–Kier alpha value is -4.66. The number of carbonyl (C=O) groups excluding carboxylic acids is 4. The van der Waals surface area contributed by atoms with E-state index in [1.165, 1.54) is 0 Å². The van der Waals surface area contributed by atoms with Crippen molar-refractivity contribution in [2.75, 3.05) is 51.5 Å². The first kappa shape index (κ1) is 40.1. The molecule has 1 aromatic heterocycles. The molecule has 0 fully saturated rings. The summed E-state index contributed by atoms with van der Waals surface area (Å²) < 4.78 is 17.6. The Kier molecular flexibility index (Phi) is 16.2. The largest absolute Gasteiger partial charge is 0.448 e. The van der Waals surface area contributed by atoms with E-state index in [0.717, 1.165) is 41.6 Å². The molecule has 0 bridgehead atoms. The predicted molar refractivity (Wildman–Crippen MR) is 198 cm³/mol. The van der Waals surface area contributed by atoms with Gasteiger partial charge >= 0.3 is 6.09 Å². The monoisotopic (exact) mass is 719 g/mol. The van der Waals surface area contributed by atoms with Crippen molar-refractivity contribution >= 4 is 29.4 Å². The van der Waals surface area contributed by atoms with Gasteiger partial charge < -0.3 is 35.1 Å². The summed E-state index contributed by atoms with van der Waals surface area (Å²) in [6.45, 7) is 8.64. The van der Waals surface area contributed by atoms with Crippen LogP contribution in [0.1, 0.15) is 64.9 Å². The number of carbonyl (C=O) groups is 4. The second kappa shape index (κ2) is 21.0. The number of Topliss-reactive ketones (excluding diaryl/α,β-unsaturated/α-hetero) is 1. The third-order valence-electron chi connectivity index (χ3n) is 8.65. The fourth-order valence-electron chi connectivity index (χ4n) is 6.07. The van der Waals surface area contributed by atoms with E-state index in [1.54, 1.807) is 16.7 Å². The van der Waals surface area contributed by atoms with Gasteiger partial charge in [-0.3, -0.25) is 14.4 Å². The van der Waals surface area contributed by atoms with Crippen LogP contribution < -0.4 is 20.9 Å². The molecule has 0 saturated carbocycles. The summed E-state index contributed by atoms with van der Waals surface area (Å²) in [5.41, 5.74) is 4.51. The normalized spacial score (nSPS) is 12.6. The molecule has 0 spiro atoms. The minimum atomic E-state index is -0.520. The Morgan fingerprint density at radius 2 is 1.65 bits per heavy atom. The van der Waals surface area contributed by atoms with Crippen molar-refractivity contribution in [3.8, 4) is 22.5 Å². The summed E-state index contributed by atoms with van der Waals surface area (Å²) in [5, 5.41) is 17.9. The van der Waals surface area contributed by atoms with Gasteiger partial charge in [-0.15, -0.1) is 5.10 Å². The van der Waals surface area contributed by atoms with Crippen molar-refractivity contribution in [1.82, 2.24) is 30.9 Å². The molecule has 3 aromatic rings. The van der Waals surface area contributed by atoms with Crippen molar-refractivity contribution < 1.29 is 33.4 Å². The number of para-hydroxylation sites is 1. The molecule has 14 heteroatoms. The van der Waals surface area contributed by atoms with E-state index < -0.39 is 6.09 Å². The lowest BCUT2D eigenvalue weighted by molar-refractivity contribution is -0.125. The highest BCUT2D eigenvalue weighted by atomic mass is 16.5. The van der Waals surface area contributed by atoms with Gasteiger partial charge in [-0.25, -0.2) is 9.48 Å². The van der Waals surface area contributed by atoms with Gasteiger partial charge in [0.25, 0.3) is 0 Å². The van der Waals surface area contributed by atoms with E-state index in [9.17, 15) is 19.2 Å². The van der Waals surface area contributed by atoms with Gasteiger partial charge in [0.15, 0.2) is 0 Å². The lowest BCUT2D eigenvalue weighted by atomic mass is 9.95. The maximum absolute atomic E-state index is 13.7. The smallest absolute Gasteiger partial charge is 0.407 e. The number of nitrogens with zero attached hydrogens (tertiary/aromatic N) is 4. The van der Waals surface area contributed by atoms with Gasteiger partial charge in [0.1, 0.15) is 18.1 Å². The summed E-state index contributed by atoms with van der Waals surface area (Å²) in [6.07, 6.45) is 2.30. The molecule has 2 aromatic carbocycles. The number of alkyl carbamates (subject to hydrolysis) is 1. The van der Waals surface area contributed by atoms with Gasteiger partial charge in [0.05, 0.1) is 50.3 Å². The van der Waals surface area contributed by atoms with Gasteiger partial charge in [-0.1, -0.05) is 68.4 Å². The maximum atomic E-state index is 13.7. The van der Waals surface area contributed by atoms with E-state index >= 15 is 0 Å². The number of nitrogens with one attached hydrogen (secondary N) is 3. The zero-order chi connectivity index (χ0) is 37.3. The summed E-state index contributed by atoms with van der Waals surface area (Å²) in [7, 11) is 1.60. The third-order valence-corrected chi connectivity index (χ3v) is 8.65. The molecule has 3 N–H and O–H groups in total. The highest BCUT2D eigenvalue weighted by Crippen LogP contribution is 2.41. The van der Waals surface area contributed by atoms with Gasteiger partial charge in [-0.2, -0.15) is 0 Å². The molecule has 0 radical (unpaired) electrons. The van der Waals surface area contributed by atoms with Crippen LogP contribution in [-0.4, -0.2) is 97.4 Å². The Morgan fingerprint density at radius 3 is 2.42 bits per heavy atom. The van der Waals surface area contributed by atoms with Crippen molar-refractivity contribution in [3.63, 3.8) is 0 Å². The second-order valence-electron chi connectivity index (χ2n) is 12.9. The molecule has 4 rings (SSSR count). The minimum absolute atomic E-state index is 0.0280. The number of anilines is 1. The fraction of sp³-hybridized carbons (Fsp3) is 0.526. The lowest BCUT2D eigenvalue weighted by Crippen LogP contribution is -2.40. The SMILES string of the molecule is CCC(=O)C(CCCCNC(=O)OCCn1nnc2c1-c1ccccc1CN(C(=O)CCC(=O)NCCOCCOC)c1ccccc1-2)NC(C)C. The van der Waals surface area contributed by atoms with Crippen LogP contribution >= 0.6 is 0 Å². The number of methoxy groups -OCH3 is 1. The number of unbranched alkanes of at least 4 members (excludes halogenated alkanes) is 1. The summed E-state index contributed by atoms with van der Waals surface area (Å²) in [5.74, 6) is -0.211. The van der Waals surface area contributed by atoms with Crippen LogP contribution in [0.25, 0.3) is 22.5 Å². The quantitative estimate of drug-likeness (QED) is 0.136. The molecular formula is C38H53N7O7. The lowest BCUT2D eigenvalue weighted by Gasteiger charge is -2.28. The van der Waals surface area contributed by atoms with Gasteiger partial charge in [0.2, 0.25) is 11.8 Å². The molecule has 3 amide bonds. The Morgan fingerprint density at radius 1 is 0.885 bits per heavy atom. The van der Waals surface area contributed by atoms with Gasteiger partial charge in [0, 0.05) is 56.6 Å². The number of hydrogen-bond donors (Lipinski definition) is 3. The average Bonchev–Trinajstić information content (AvgIpc) is 3.55. The fourth-order valence-corrected chi connectivity index (χ4v) is 6.07. The number of amides is 3. The predicted octanol–water partition coefficient (Wildman–Crippen LogP) is 4.26. The van der Waals surface area contributed by atoms with Crippen molar-refractivity contribution in [2.45, 2.75) is 84.5 Å². The highest BCUT2D eigenvalue weighted by Gasteiger charge is 2.29. The van der Waals surface area contributed by atoms with Crippen molar-refractivity contribution in [1.29, 1.82) is 0 Å². The first-order valence-corrected chi connectivity index (χ1v) is 18.2. The standard InChI is InChI=1S/C38H53N7O7/c1-5-33(46)31(41-27(2)3)15-10-11-19-40-38(49)52-23-21-45-37-29-13-7-6-12-28(29)26-44(32-16-9-8-14-30(32)36(37)42-43-45)35(48)18-17-34(47)39-20-22-51-25-24-50-4/h6-9,12-14,16,27,31,41H,5,10-11,15,17-26H2,1-4H3,(H,39,47)(H,40,49). The number of hydrogen-bond acceptors (Lipinski definition) is 10. The van der Waals surface area contributed by atoms with Crippen LogP contribution in [0.15, 0.2) is 48.5 Å². The maximum Gasteiger partial charge on any atom is 0.407 e. The Bertz CT molecular complexity index is 1630. The Balaban J connectivity index is 1.37. The van der Waals surface area contributed by atoms with Crippen molar-refractivity contribution in [3.05, 3.63) is 54.1 Å². The molecule has 2 heterocycles. The van der Waals surface area contributed by atoms with Crippen LogP contribution in [-0.2, 0) is 41.7 Å². The molecule has 52 heavy (non-hydrogen) atoms. The van der Waals surface area contributed by atoms with E-state index in [-0.39, 0.29) is 62.2 Å². The molecule has 1 unspecified atom stereocenters. The van der Waals surface area contributed by atoms with Crippen LogP contribution in [0, 0.1) is 0 Å². The zero-order valence-electron chi connectivity index (χ0n) is 30.8. The third kappa shape index (κ3) is 11.7.